The van der Waals surface area contributed by atoms with Gasteiger partial charge in [0, 0.05) is 25.5 Å². The Kier molecular flexibility index (Phi) is 5.98. The van der Waals surface area contributed by atoms with Crippen LogP contribution in [0, 0.1) is 13.8 Å². The van der Waals surface area contributed by atoms with Gasteiger partial charge in [-0.25, -0.2) is 0 Å². The number of aryl methyl sites for hydroxylation is 2. The minimum atomic E-state index is -0.439. The molecule has 1 aromatic heterocycles. The molecule has 120 valence electrons. The Hall–Kier alpha value is -1.85. The smallest absolute Gasteiger partial charge is 0.119 e. The summed E-state index contributed by atoms with van der Waals surface area (Å²) in [6, 6.07) is 8.07. The van der Waals surface area contributed by atoms with Crippen LogP contribution in [0.1, 0.15) is 11.1 Å². The van der Waals surface area contributed by atoms with Crippen LogP contribution >= 0.6 is 0 Å². The molecular weight excluding hydrogens is 278 g/mol. The molecule has 0 aliphatic heterocycles. The Labute approximate surface area is 132 Å². The van der Waals surface area contributed by atoms with E-state index in [0.717, 1.165) is 12.3 Å². The molecule has 0 saturated heterocycles. The Morgan fingerprint density at radius 3 is 2.64 bits per heavy atom. The van der Waals surface area contributed by atoms with Gasteiger partial charge in [-0.2, -0.15) is 5.10 Å². The molecule has 1 atom stereocenters. The van der Waals surface area contributed by atoms with Crippen LogP contribution < -0.4 is 4.74 Å². The molecule has 1 aromatic carbocycles. The number of hydrogen-bond donors (Lipinski definition) is 1. The minimum absolute atomic E-state index is 0.439. The predicted molar refractivity (Wildman–Crippen MR) is 87.1 cm³/mol. The molecule has 0 saturated carbocycles. The van der Waals surface area contributed by atoms with Crippen molar-refractivity contribution in [1.82, 2.24) is 14.7 Å². The number of hydrogen-bond acceptors (Lipinski definition) is 4. The van der Waals surface area contributed by atoms with Crippen molar-refractivity contribution in [2.75, 3.05) is 26.7 Å². The fourth-order valence-corrected chi connectivity index (χ4v) is 2.47. The zero-order valence-corrected chi connectivity index (χ0v) is 13.6. The summed E-state index contributed by atoms with van der Waals surface area (Å²) in [4.78, 5) is 2.07. The van der Waals surface area contributed by atoms with E-state index < -0.39 is 6.10 Å². The topological polar surface area (TPSA) is 50.5 Å². The van der Waals surface area contributed by atoms with E-state index in [4.69, 9.17) is 4.74 Å². The first-order chi connectivity index (χ1) is 10.5. The van der Waals surface area contributed by atoms with E-state index in [1.165, 1.54) is 11.1 Å². The molecule has 1 heterocycles. The van der Waals surface area contributed by atoms with Gasteiger partial charge in [-0.1, -0.05) is 6.07 Å². The Morgan fingerprint density at radius 1 is 1.27 bits per heavy atom. The Bertz CT molecular complexity index is 549. The fraction of sp³-hybridized carbons (Fsp3) is 0.471. The lowest BCUT2D eigenvalue weighted by Crippen LogP contribution is -2.34. The summed E-state index contributed by atoms with van der Waals surface area (Å²) in [5.41, 5.74) is 2.41. The van der Waals surface area contributed by atoms with E-state index in [-0.39, 0.29) is 0 Å². The first-order valence-corrected chi connectivity index (χ1v) is 7.58. The van der Waals surface area contributed by atoms with Crippen molar-refractivity contribution in [3.05, 3.63) is 47.8 Å². The molecule has 2 aromatic rings. The van der Waals surface area contributed by atoms with Gasteiger partial charge < -0.3 is 14.7 Å². The molecule has 5 nitrogen and oxygen atoms in total. The molecule has 0 spiro atoms. The largest absolute Gasteiger partial charge is 0.492 e. The number of nitrogens with zero attached hydrogens (tertiary/aromatic N) is 3. The van der Waals surface area contributed by atoms with Crippen LogP contribution in [0.5, 0.6) is 5.75 Å². The average Bonchev–Trinajstić information content (AvgIpc) is 2.90. The molecule has 0 amide bonds. The fourth-order valence-electron chi connectivity index (χ4n) is 2.47. The van der Waals surface area contributed by atoms with Crippen molar-refractivity contribution in [2.24, 2.45) is 0 Å². The van der Waals surface area contributed by atoms with Crippen molar-refractivity contribution >= 4 is 0 Å². The lowest BCUT2D eigenvalue weighted by atomic mass is 10.1. The van der Waals surface area contributed by atoms with Crippen LogP contribution in [0.15, 0.2) is 36.7 Å². The summed E-state index contributed by atoms with van der Waals surface area (Å²) in [6.45, 7) is 6.61. The van der Waals surface area contributed by atoms with Crippen LogP contribution in [0.2, 0.25) is 0 Å². The highest BCUT2D eigenvalue weighted by Gasteiger charge is 2.09. The van der Waals surface area contributed by atoms with Gasteiger partial charge in [0.2, 0.25) is 0 Å². The second kappa shape index (κ2) is 7.96. The summed E-state index contributed by atoms with van der Waals surface area (Å²) in [5.74, 6) is 0.906. The second-order valence-electron chi connectivity index (χ2n) is 5.82. The third kappa shape index (κ3) is 5.50. The summed E-state index contributed by atoms with van der Waals surface area (Å²) >= 11 is 0. The minimum Gasteiger partial charge on any atom is -0.492 e. The number of benzene rings is 1. The van der Waals surface area contributed by atoms with Crippen molar-refractivity contribution in [2.45, 2.75) is 26.5 Å². The number of aromatic nitrogens is 2. The molecule has 1 N–H and O–H groups in total. The normalized spacial score (nSPS) is 12.6. The van der Waals surface area contributed by atoms with Crippen molar-refractivity contribution in [1.29, 1.82) is 0 Å². The van der Waals surface area contributed by atoms with Gasteiger partial charge in [0.1, 0.15) is 12.4 Å². The van der Waals surface area contributed by atoms with Crippen molar-refractivity contribution < 1.29 is 9.84 Å². The Balaban J connectivity index is 1.69. The van der Waals surface area contributed by atoms with E-state index in [1.54, 1.807) is 10.9 Å². The van der Waals surface area contributed by atoms with E-state index in [0.29, 0.717) is 19.7 Å². The van der Waals surface area contributed by atoms with Gasteiger partial charge in [0.05, 0.1) is 12.6 Å². The van der Waals surface area contributed by atoms with Crippen LogP contribution in [0.3, 0.4) is 0 Å². The van der Waals surface area contributed by atoms with E-state index in [2.05, 4.69) is 29.9 Å². The van der Waals surface area contributed by atoms with Gasteiger partial charge in [0.15, 0.2) is 0 Å². The molecule has 22 heavy (non-hydrogen) atoms. The van der Waals surface area contributed by atoms with Crippen LogP contribution in [0.4, 0.5) is 0 Å². The molecule has 0 bridgehead atoms. The molecule has 2 rings (SSSR count). The van der Waals surface area contributed by atoms with Gasteiger partial charge >= 0.3 is 0 Å². The zero-order chi connectivity index (χ0) is 15.9. The predicted octanol–water partition coefficient (Wildman–Crippen LogP) is 1.87. The van der Waals surface area contributed by atoms with Crippen LogP contribution in [-0.2, 0) is 6.54 Å². The molecule has 0 aliphatic carbocycles. The number of aliphatic hydroxyl groups excluding tert-OH is 1. The van der Waals surface area contributed by atoms with E-state index in [1.807, 2.05) is 31.4 Å². The second-order valence-corrected chi connectivity index (χ2v) is 5.82. The summed E-state index contributed by atoms with van der Waals surface area (Å²) in [6.07, 6.45) is 3.13. The van der Waals surface area contributed by atoms with Gasteiger partial charge in [-0.3, -0.25) is 4.68 Å². The SMILES string of the molecule is Cc1cc(C)cc(OCCN(C)CC(O)Cn2cccn2)c1. The van der Waals surface area contributed by atoms with Crippen molar-refractivity contribution in [3.63, 3.8) is 0 Å². The lowest BCUT2D eigenvalue weighted by molar-refractivity contribution is 0.0995. The quantitative estimate of drug-likeness (QED) is 0.809. The standard InChI is InChI=1S/C17H25N3O2/c1-14-9-15(2)11-17(10-14)22-8-7-19(3)12-16(21)13-20-6-4-5-18-20/h4-6,9-11,16,21H,7-8,12-13H2,1-3H3. The van der Waals surface area contributed by atoms with Gasteiger partial charge in [0.25, 0.3) is 0 Å². The van der Waals surface area contributed by atoms with Gasteiger partial charge in [-0.05, 0) is 50.2 Å². The molecular formula is C17H25N3O2. The zero-order valence-electron chi connectivity index (χ0n) is 13.6. The first kappa shape index (κ1) is 16.5. The molecule has 0 radical (unpaired) electrons. The number of aliphatic hydroxyl groups is 1. The maximum Gasteiger partial charge on any atom is 0.119 e. The molecule has 5 heteroatoms. The third-order valence-corrected chi connectivity index (χ3v) is 3.42. The highest BCUT2D eigenvalue weighted by Crippen LogP contribution is 2.16. The van der Waals surface area contributed by atoms with E-state index >= 15 is 0 Å². The van der Waals surface area contributed by atoms with Gasteiger partial charge in [-0.15, -0.1) is 0 Å². The summed E-state index contributed by atoms with van der Waals surface area (Å²) < 4.78 is 7.53. The van der Waals surface area contributed by atoms with E-state index in [9.17, 15) is 5.11 Å². The first-order valence-electron chi connectivity index (χ1n) is 7.58. The highest BCUT2D eigenvalue weighted by molar-refractivity contribution is 5.32. The molecule has 0 aliphatic rings. The van der Waals surface area contributed by atoms with Crippen LogP contribution in [-0.4, -0.2) is 52.6 Å². The van der Waals surface area contributed by atoms with Crippen molar-refractivity contribution in [3.8, 4) is 5.75 Å². The average molecular weight is 303 g/mol. The monoisotopic (exact) mass is 303 g/mol. The number of likely N-dealkylation sites (N-methyl/N-ethyl adjacent to an activating group) is 1. The summed E-state index contributed by atoms with van der Waals surface area (Å²) in [7, 11) is 1.98. The molecule has 1 unspecified atom stereocenters. The number of ether oxygens (including phenoxy) is 1. The van der Waals surface area contributed by atoms with Crippen LogP contribution in [0.25, 0.3) is 0 Å². The Morgan fingerprint density at radius 2 is 2.00 bits per heavy atom. The maximum absolute atomic E-state index is 10.0. The lowest BCUT2D eigenvalue weighted by Gasteiger charge is -2.20. The highest BCUT2D eigenvalue weighted by atomic mass is 16.5. The third-order valence-electron chi connectivity index (χ3n) is 3.42. The molecule has 0 fully saturated rings. The maximum atomic E-state index is 10.0. The number of rotatable bonds is 8. The summed E-state index contributed by atoms with van der Waals surface area (Å²) in [5, 5.41) is 14.1.